The SMILES string of the molecule is O=C(O)C(F)C1CCCc2occc21. The molecule has 76 valence electrons. The summed E-state index contributed by atoms with van der Waals surface area (Å²) >= 11 is 0. The van der Waals surface area contributed by atoms with Crippen LogP contribution in [0.3, 0.4) is 0 Å². The molecule has 0 radical (unpaired) electrons. The first kappa shape index (κ1) is 9.24. The molecule has 0 spiro atoms. The first-order valence-corrected chi connectivity index (χ1v) is 4.63. The highest BCUT2D eigenvalue weighted by atomic mass is 19.1. The van der Waals surface area contributed by atoms with Crippen molar-refractivity contribution < 1.29 is 18.7 Å². The average Bonchev–Trinajstić information content (AvgIpc) is 2.63. The highest BCUT2D eigenvalue weighted by Crippen LogP contribution is 2.35. The number of fused-ring (bicyclic) bond motifs is 1. The molecule has 0 fully saturated rings. The van der Waals surface area contributed by atoms with Crippen LogP contribution in [0.4, 0.5) is 4.39 Å². The Morgan fingerprint density at radius 2 is 2.50 bits per heavy atom. The van der Waals surface area contributed by atoms with Gasteiger partial charge in [-0.3, -0.25) is 0 Å². The van der Waals surface area contributed by atoms with Crippen LogP contribution in [0, 0.1) is 0 Å². The molecule has 2 unspecified atom stereocenters. The van der Waals surface area contributed by atoms with Gasteiger partial charge < -0.3 is 9.52 Å². The molecule has 2 rings (SSSR count). The summed E-state index contributed by atoms with van der Waals surface area (Å²) in [4.78, 5) is 10.5. The van der Waals surface area contributed by atoms with Crippen molar-refractivity contribution in [2.45, 2.75) is 31.4 Å². The number of carbonyl (C=O) groups is 1. The molecule has 3 nitrogen and oxygen atoms in total. The highest BCUT2D eigenvalue weighted by Gasteiger charge is 2.33. The molecular formula is C10H11FO3. The van der Waals surface area contributed by atoms with Gasteiger partial charge in [0.25, 0.3) is 0 Å². The molecule has 1 aromatic heterocycles. The van der Waals surface area contributed by atoms with Crippen LogP contribution in [-0.2, 0) is 11.2 Å². The lowest BCUT2D eigenvalue weighted by Gasteiger charge is -2.22. The minimum atomic E-state index is -1.81. The van der Waals surface area contributed by atoms with E-state index in [9.17, 15) is 9.18 Å². The second-order valence-electron chi connectivity index (χ2n) is 3.54. The van der Waals surface area contributed by atoms with Crippen molar-refractivity contribution in [3.8, 4) is 0 Å². The minimum Gasteiger partial charge on any atom is -0.479 e. The fourth-order valence-corrected chi connectivity index (χ4v) is 2.00. The first-order valence-electron chi connectivity index (χ1n) is 4.63. The average molecular weight is 198 g/mol. The lowest BCUT2D eigenvalue weighted by Crippen LogP contribution is -2.25. The number of carboxylic acids is 1. The number of aliphatic carboxylic acids is 1. The maximum atomic E-state index is 13.3. The predicted octanol–water partition coefficient (Wildman–Crippen LogP) is 2.12. The smallest absolute Gasteiger partial charge is 0.338 e. The first-order chi connectivity index (χ1) is 6.70. The van der Waals surface area contributed by atoms with Gasteiger partial charge in [0.15, 0.2) is 0 Å². The molecule has 1 aliphatic rings. The van der Waals surface area contributed by atoms with Crippen LogP contribution in [0.15, 0.2) is 16.7 Å². The standard InChI is InChI=1S/C10H11FO3/c11-9(10(12)13)7-2-1-3-8-6(7)4-5-14-8/h4-5,7,9H,1-3H2,(H,12,13). The Bertz CT molecular complexity index is 345. The summed E-state index contributed by atoms with van der Waals surface area (Å²) < 4.78 is 18.5. The molecule has 14 heavy (non-hydrogen) atoms. The largest absolute Gasteiger partial charge is 0.479 e. The summed E-state index contributed by atoms with van der Waals surface area (Å²) in [6.45, 7) is 0. The van der Waals surface area contributed by atoms with Crippen LogP contribution in [0.2, 0.25) is 0 Å². The van der Waals surface area contributed by atoms with Crippen LogP contribution < -0.4 is 0 Å². The van der Waals surface area contributed by atoms with Crippen molar-refractivity contribution in [3.63, 3.8) is 0 Å². The fourth-order valence-electron chi connectivity index (χ4n) is 2.00. The van der Waals surface area contributed by atoms with Crippen molar-refractivity contribution in [1.82, 2.24) is 0 Å². The molecule has 1 heterocycles. The van der Waals surface area contributed by atoms with Gasteiger partial charge in [-0.1, -0.05) is 0 Å². The van der Waals surface area contributed by atoms with Crippen LogP contribution in [0.25, 0.3) is 0 Å². The van der Waals surface area contributed by atoms with E-state index in [2.05, 4.69) is 0 Å². The van der Waals surface area contributed by atoms with E-state index in [4.69, 9.17) is 9.52 Å². The summed E-state index contributed by atoms with van der Waals surface area (Å²) in [5.74, 6) is -1.18. The maximum absolute atomic E-state index is 13.3. The zero-order valence-electron chi connectivity index (χ0n) is 7.57. The van der Waals surface area contributed by atoms with Gasteiger partial charge in [0, 0.05) is 17.9 Å². The molecule has 0 saturated heterocycles. The molecule has 0 aromatic carbocycles. The van der Waals surface area contributed by atoms with Crippen molar-refractivity contribution in [3.05, 3.63) is 23.7 Å². The number of rotatable bonds is 2. The number of halogens is 1. The third-order valence-corrected chi connectivity index (χ3v) is 2.69. The summed E-state index contributed by atoms with van der Waals surface area (Å²) in [7, 11) is 0. The van der Waals surface area contributed by atoms with E-state index in [-0.39, 0.29) is 0 Å². The highest BCUT2D eigenvalue weighted by molar-refractivity contribution is 5.73. The number of furan rings is 1. The topological polar surface area (TPSA) is 50.4 Å². The minimum absolute atomic E-state index is 0.532. The van der Waals surface area contributed by atoms with Gasteiger partial charge in [-0.25, -0.2) is 9.18 Å². The van der Waals surface area contributed by atoms with Gasteiger partial charge in [-0.15, -0.1) is 0 Å². The van der Waals surface area contributed by atoms with E-state index >= 15 is 0 Å². The summed E-state index contributed by atoms with van der Waals surface area (Å²) in [6.07, 6.45) is 1.84. The Morgan fingerprint density at radius 3 is 3.21 bits per heavy atom. The molecule has 2 atom stereocenters. The van der Waals surface area contributed by atoms with Crippen molar-refractivity contribution in [2.75, 3.05) is 0 Å². The molecule has 1 aromatic rings. The van der Waals surface area contributed by atoms with E-state index in [1.165, 1.54) is 6.26 Å². The monoisotopic (exact) mass is 198 g/mol. The zero-order valence-corrected chi connectivity index (χ0v) is 7.57. The van der Waals surface area contributed by atoms with E-state index in [1.807, 2.05) is 0 Å². The fraction of sp³-hybridized carbons (Fsp3) is 0.500. The van der Waals surface area contributed by atoms with E-state index < -0.39 is 18.1 Å². The van der Waals surface area contributed by atoms with Gasteiger partial charge in [0.1, 0.15) is 5.76 Å². The lowest BCUT2D eigenvalue weighted by molar-refractivity contribution is -0.143. The number of hydrogen-bond donors (Lipinski definition) is 1. The number of alkyl halides is 1. The van der Waals surface area contributed by atoms with E-state index in [0.29, 0.717) is 6.42 Å². The molecule has 0 saturated carbocycles. The summed E-state index contributed by atoms with van der Waals surface area (Å²) in [5, 5.41) is 8.59. The number of carboxylic acid groups (broad SMARTS) is 1. The van der Waals surface area contributed by atoms with Crippen molar-refractivity contribution >= 4 is 5.97 Å². The second-order valence-corrected chi connectivity index (χ2v) is 3.54. The van der Waals surface area contributed by atoms with Crippen molar-refractivity contribution in [1.29, 1.82) is 0 Å². The lowest BCUT2D eigenvalue weighted by atomic mass is 9.84. The van der Waals surface area contributed by atoms with Gasteiger partial charge in [-0.05, 0) is 18.9 Å². The Hall–Kier alpha value is -1.32. The Labute approximate surface area is 80.5 Å². The van der Waals surface area contributed by atoms with Crippen molar-refractivity contribution in [2.24, 2.45) is 0 Å². The third-order valence-electron chi connectivity index (χ3n) is 2.69. The molecule has 4 heteroatoms. The maximum Gasteiger partial charge on any atom is 0.338 e. The molecule has 1 aliphatic carbocycles. The normalized spacial score (nSPS) is 22.8. The number of aryl methyl sites for hydroxylation is 1. The Kier molecular flexibility index (Phi) is 2.27. The van der Waals surface area contributed by atoms with E-state index in [0.717, 1.165) is 24.2 Å². The zero-order chi connectivity index (χ0) is 10.1. The second kappa shape index (κ2) is 3.44. The summed E-state index contributed by atoms with van der Waals surface area (Å²) in [6, 6.07) is 1.68. The Morgan fingerprint density at radius 1 is 1.71 bits per heavy atom. The summed E-state index contributed by atoms with van der Waals surface area (Å²) in [5.41, 5.74) is 0.728. The Balaban J connectivity index is 2.28. The van der Waals surface area contributed by atoms with Crippen LogP contribution >= 0.6 is 0 Å². The molecular weight excluding hydrogens is 187 g/mol. The van der Waals surface area contributed by atoms with Crippen LogP contribution in [0.5, 0.6) is 0 Å². The van der Waals surface area contributed by atoms with Gasteiger partial charge in [0.05, 0.1) is 6.26 Å². The van der Waals surface area contributed by atoms with E-state index in [1.54, 1.807) is 6.07 Å². The van der Waals surface area contributed by atoms with Gasteiger partial charge >= 0.3 is 5.97 Å². The molecule has 0 aliphatic heterocycles. The predicted molar refractivity (Wildman–Crippen MR) is 46.9 cm³/mol. The quantitative estimate of drug-likeness (QED) is 0.791. The number of hydrogen-bond acceptors (Lipinski definition) is 2. The molecule has 0 bridgehead atoms. The third kappa shape index (κ3) is 1.41. The van der Waals surface area contributed by atoms with Crippen LogP contribution in [0.1, 0.15) is 30.1 Å². The molecule has 0 amide bonds. The van der Waals surface area contributed by atoms with Gasteiger partial charge in [0.2, 0.25) is 6.17 Å². The molecule has 1 N–H and O–H groups in total. The van der Waals surface area contributed by atoms with Gasteiger partial charge in [-0.2, -0.15) is 0 Å². The van der Waals surface area contributed by atoms with Crippen LogP contribution in [-0.4, -0.2) is 17.2 Å².